The zero-order valence-electron chi connectivity index (χ0n) is 11.6. The van der Waals surface area contributed by atoms with E-state index in [1.54, 1.807) is 29.7 Å². The zero-order chi connectivity index (χ0) is 14.2. The van der Waals surface area contributed by atoms with Gasteiger partial charge in [-0.2, -0.15) is 5.10 Å². The van der Waals surface area contributed by atoms with Crippen molar-refractivity contribution in [2.75, 3.05) is 0 Å². The van der Waals surface area contributed by atoms with Gasteiger partial charge in [0, 0.05) is 39.9 Å². The maximum absolute atomic E-state index is 14.3. The number of aromatic nitrogens is 2. The summed E-state index contributed by atoms with van der Waals surface area (Å²) in [7, 11) is 0. The molecule has 1 N–H and O–H groups in total. The van der Waals surface area contributed by atoms with Gasteiger partial charge in [0.15, 0.2) is 0 Å². The van der Waals surface area contributed by atoms with E-state index in [-0.39, 0.29) is 5.82 Å². The minimum atomic E-state index is -0.136. The van der Waals surface area contributed by atoms with Gasteiger partial charge >= 0.3 is 0 Å². The molecule has 0 bridgehead atoms. The fourth-order valence-corrected chi connectivity index (χ4v) is 3.79. The van der Waals surface area contributed by atoms with Gasteiger partial charge in [0.25, 0.3) is 0 Å². The highest BCUT2D eigenvalue weighted by atomic mass is 32.1. The van der Waals surface area contributed by atoms with Crippen LogP contribution in [0.3, 0.4) is 0 Å². The molecule has 4 rings (SSSR count). The van der Waals surface area contributed by atoms with Crippen LogP contribution in [-0.2, 0) is 13.1 Å². The van der Waals surface area contributed by atoms with Gasteiger partial charge in [-0.15, -0.1) is 11.3 Å². The van der Waals surface area contributed by atoms with Crippen molar-refractivity contribution in [1.29, 1.82) is 0 Å². The first-order chi connectivity index (χ1) is 10.3. The molecule has 21 heavy (non-hydrogen) atoms. The van der Waals surface area contributed by atoms with E-state index < -0.39 is 0 Å². The van der Waals surface area contributed by atoms with Crippen molar-refractivity contribution in [3.63, 3.8) is 0 Å². The molecule has 2 aromatic heterocycles. The van der Waals surface area contributed by atoms with E-state index in [4.69, 9.17) is 0 Å². The third kappa shape index (κ3) is 2.59. The molecular formula is C16H16FN3S. The molecule has 0 aliphatic heterocycles. The van der Waals surface area contributed by atoms with Crippen molar-refractivity contribution in [3.05, 3.63) is 52.9 Å². The lowest BCUT2D eigenvalue weighted by molar-refractivity contribution is 0.632. The SMILES string of the molecule is Fc1cccc2sc(CNC3CC3)c(Cn3cccn3)c12. The van der Waals surface area contributed by atoms with Crippen molar-refractivity contribution in [1.82, 2.24) is 15.1 Å². The van der Waals surface area contributed by atoms with Crippen LogP contribution in [0.2, 0.25) is 0 Å². The van der Waals surface area contributed by atoms with Crippen molar-refractivity contribution in [2.45, 2.75) is 32.0 Å². The second-order valence-electron chi connectivity index (χ2n) is 5.48. The van der Waals surface area contributed by atoms with Gasteiger partial charge in [-0.1, -0.05) is 6.07 Å². The average Bonchev–Trinajstić information content (AvgIpc) is 3.03. The summed E-state index contributed by atoms with van der Waals surface area (Å²) in [6.07, 6.45) is 6.19. The van der Waals surface area contributed by atoms with Gasteiger partial charge in [0.2, 0.25) is 0 Å². The number of fused-ring (bicyclic) bond motifs is 1. The third-order valence-electron chi connectivity index (χ3n) is 3.85. The molecule has 1 fully saturated rings. The highest BCUT2D eigenvalue weighted by Gasteiger charge is 2.22. The third-order valence-corrected chi connectivity index (χ3v) is 5.05. The van der Waals surface area contributed by atoms with Crippen LogP contribution in [0.25, 0.3) is 10.1 Å². The molecule has 1 aliphatic rings. The Balaban J connectivity index is 1.76. The maximum atomic E-state index is 14.3. The first kappa shape index (κ1) is 13.0. The van der Waals surface area contributed by atoms with Gasteiger partial charge < -0.3 is 5.32 Å². The molecule has 3 aromatic rings. The van der Waals surface area contributed by atoms with E-state index in [1.165, 1.54) is 17.7 Å². The van der Waals surface area contributed by atoms with E-state index >= 15 is 0 Å². The molecule has 0 atom stereocenters. The highest BCUT2D eigenvalue weighted by Crippen LogP contribution is 2.34. The minimum Gasteiger partial charge on any atom is -0.309 e. The molecule has 1 aromatic carbocycles. The summed E-state index contributed by atoms with van der Waals surface area (Å²) in [6.45, 7) is 1.44. The summed E-state index contributed by atoms with van der Waals surface area (Å²) in [4.78, 5) is 1.22. The molecule has 108 valence electrons. The van der Waals surface area contributed by atoms with Gasteiger partial charge in [-0.3, -0.25) is 4.68 Å². The lowest BCUT2D eigenvalue weighted by Gasteiger charge is -2.07. The second kappa shape index (κ2) is 5.24. The molecule has 2 heterocycles. The standard InChI is InChI=1S/C16H16FN3S/c17-13-3-1-4-14-16(13)12(10-20-8-2-7-19-20)15(21-14)9-18-11-5-6-11/h1-4,7-8,11,18H,5-6,9-10H2. The Morgan fingerprint density at radius 2 is 2.24 bits per heavy atom. The van der Waals surface area contributed by atoms with Gasteiger partial charge in [0.1, 0.15) is 5.82 Å². The quantitative estimate of drug-likeness (QED) is 0.781. The summed E-state index contributed by atoms with van der Waals surface area (Å²) in [5, 5.41) is 8.54. The number of halogens is 1. The predicted octanol–water partition coefficient (Wildman–Crippen LogP) is 3.54. The Kier molecular flexibility index (Phi) is 3.24. The highest BCUT2D eigenvalue weighted by molar-refractivity contribution is 7.19. The van der Waals surface area contributed by atoms with Crippen LogP contribution in [0, 0.1) is 5.82 Å². The van der Waals surface area contributed by atoms with Crippen LogP contribution >= 0.6 is 11.3 Å². The summed E-state index contributed by atoms with van der Waals surface area (Å²) in [6, 6.07) is 7.87. The van der Waals surface area contributed by atoms with Crippen LogP contribution < -0.4 is 5.32 Å². The van der Waals surface area contributed by atoms with Crippen LogP contribution in [0.4, 0.5) is 4.39 Å². The second-order valence-corrected chi connectivity index (χ2v) is 6.61. The van der Waals surface area contributed by atoms with E-state index in [2.05, 4.69) is 10.4 Å². The molecule has 0 radical (unpaired) electrons. The predicted molar refractivity (Wildman–Crippen MR) is 83.0 cm³/mol. The first-order valence-corrected chi connectivity index (χ1v) is 8.02. The topological polar surface area (TPSA) is 29.9 Å². The van der Waals surface area contributed by atoms with Gasteiger partial charge in [-0.25, -0.2) is 4.39 Å². The molecule has 1 aliphatic carbocycles. The molecule has 0 amide bonds. The molecule has 3 nitrogen and oxygen atoms in total. The molecule has 0 saturated heterocycles. The van der Waals surface area contributed by atoms with Crippen molar-refractivity contribution >= 4 is 21.4 Å². The van der Waals surface area contributed by atoms with Gasteiger partial charge in [0.05, 0.1) is 6.54 Å². The maximum Gasteiger partial charge on any atom is 0.132 e. The summed E-state index contributed by atoms with van der Waals surface area (Å²) >= 11 is 1.69. The number of nitrogens with zero attached hydrogens (tertiary/aromatic N) is 2. The van der Waals surface area contributed by atoms with Crippen molar-refractivity contribution in [2.24, 2.45) is 0 Å². The molecule has 0 spiro atoms. The first-order valence-electron chi connectivity index (χ1n) is 7.21. The van der Waals surface area contributed by atoms with Crippen LogP contribution in [0.5, 0.6) is 0 Å². The zero-order valence-corrected chi connectivity index (χ0v) is 12.4. The van der Waals surface area contributed by atoms with Crippen LogP contribution in [0.15, 0.2) is 36.7 Å². The largest absolute Gasteiger partial charge is 0.309 e. The Morgan fingerprint density at radius 3 is 3.00 bits per heavy atom. The summed E-state index contributed by atoms with van der Waals surface area (Å²) < 4.78 is 17.1. The Bertz CT molecular complexity index is 759. The number of hydrogen-bond donors (Lipinski definition) is 1. The molecule has 5 heteroatoms. The summed E-state index contributed by atoms with van der Waals surface area (Å²) in [5.41, 5.74) is 1.06. The normalized spacial score (nSPS) is 14.9. The van der Waals surface area contributed by atoms with Crippen molar-refractivity contribution < 1.29 is 4.39 Å². The number of hydrogen-bond acceptors (Lipinski definition) is 3. The minimum absolute atomic E-state index is 0.136. The number of rotatable bonds is 5. The van der Waals surface area contributed by atoms with Crippen LogP contribution in [0.1, 0.15) is 23.3 Å². The van der Waals surface area contributed by atoms with E-state index in [1.807, 2.05) is 23.0 Å². The number of nitrogens with one attached hydrogen (secondary N) is 1. The van der Waals surface area contributed by atoms with Crippen molar-refractivity contribution in [3.8, 4) is 0 Å². The number of thiophene rings is 1. The molecule has 0 unspecified atom stereocenters. The Morgan fingerprint density at radius 1 is 1.33 bits per heavy atom. The number of benzene rings is 1. The Labute approximate surface area is 126 Å². The lowest BCUT2D eigenvalue weighted by Crippen LogP contribution is -2.16. The summed E-state index contributed by atoms with van der Waals surface area (Å²) in [5.74, 6) is -0.136. The average molecular weight is 301 g/mol. The monoisotopic (exact) mass is 301 g/mol. The van der Waals surface area contributed by atoms with Gasteiger partial charge in [-0.05, 0) is 36.6 Å². The van der Waals surface area contributed by atoms with Crippen LogP contribution in [-0.4, -0.2) is 15.8 Å². The Hall–Kier alpha value is -1.72. The smallest absolute Gasteiger partial charge is 0.132 e. The fraction of sp³-hybridized carbons (Fsp3) is 0.312. The molecule has 1 saturated carbocycles. The van der Waals surface area contributed by atoms with E-state index in [9.17, 15) is 4.39 Å². The fourth-order valence-electron chi connectivity index (χ4n) is 2.61. The van der Waals surface area contributed by atoms with E-state index in [0.29, 0.717) is 12.6 Å². The van der Waals surface area contributed by atoms with E-state index in [0.717, 1.165) is 22.2 Å². The lowest BCUT2D eigenvalue weighted by atomic mass is 10.1. The molecular weight excluding hydrogens is 285 g/mol.